The van der Waals surface area contributed by atoms with Crippen molar-refractivity contribution < 1.29 is 4.74 Å². The van der Waals surface area contributed by atoms with Crippen molar-refractivity contribution in [3.8, 4) is 0 Å². The summed E-state index contributed by atoms with van der Waals surface area (Å²) < 4.78 is 5.62. The maximum atomic E-state index is 5.62. The molecule has 3 nitrogen and oxygen atoms in total. The second kappa shape index (κ2) is 6.47. The van der Waals surface area contributed by atoms with E-state index in [9.17, 15) is 0 Å². The summed E-state index contributed by atoms with van der Waals surface area (Å²) in [5.41, 5.74) is 1.08. The normalized spacial score (nSPS) is 15.7. The molecule has 1 saturated carbocycles. The lowest BCUT2D eigenvalue weighted by Crippen LogP contribution is -2.18. The van der Waals surface area contributed by atoms with Crippen molar-refractivity contribution in [3.05, 3.63) is 16.1 Å². The van der Waals surface area contributed by atoms with Crippen LogP contribution in [-0.2, 0) is 17.9 Å². The van der Waals surface area contributed by atoms with Crippen LogP contribution in [0, 0.1) is 11.8 Å². The zero-order chi connectivity index (χ0) is 12.1. The van der Waals surface area contributed by atoms with Crippen LogP contribution in [0.25, 0.3) is 0 Å². The van der Waals surface area contributed by atoms with Gasteiger partial charge >= 0.3 is 0 Å². The molecule has 1 aromatic heterocycles. The van der Waals surface area contributed by atoms with Crippen LogP contribution in [0.1, 0.15) is 37.4 Å². The standard InChI is InChI=1S/C13H22N2OS/c1-10(2)5-14-6-13-15-12(9-17-13)8-16-7-11-3-4-11/h9-11,14H,3-8H2,1-2H3. The van der Waals surface area contributed by atoms with Crippen molar-refractivity contribution >= 4 is 11.3 Å². The third-order valence-corrected chi connectivity index (χ3v) is 3.63. The predicted molar refractivity (Wildman–Crippen MR) is 71.0 cm³/mol. The molecule has 0 amide bonds. The molecule has 0 bridgehead atoms. The minimum absolute atomic E-state index is 0.678. The first-order chi connectivity index (χ1) is 8.24. The number of nitrogens with one attached hydrogen (secondary N) is 1. The summed E-state index contributed by atoms with van der Waals surface area (Å²) >= 11 is 1.72. The van der Waals surface area contributed by atoms with Gasteiger partial charge in [0.15, 0.2) is 0 Å². The second-order valence-corrected chi connectivity index (χ2v) is 6.16. The number of hydrogen-bond donors (Lipinski definition) is 1. The smallest absolute Gasteiger partial charge is 0.107 e. The van der Waals surface area contributed by atoms with Gasteiger partial charge in [-0.3, -0.25) is 0 Å². The number of rotatable bonds is 8. The van der Waals surface area contributed by atoms with Gasteiger partial charge in [0.25, 0.3) is 0 Å². The van der Waals surface area contributed by atoms with Crippen LogP contribution in [0.3, 0.4) is 0 Å². The van der Waals surface area contributed by atoms with E-state index in [0.717, 1.165) is 36.3 Å². The van der Waals surface area contributed by atoms with Gasteiger partial charge in [0.2, 0.25) is 0 Å². The molecular weight excluding hydrogens is 232 g/mol. The van der Waals surface area contributed by atoms with Crippen LogP contribution in [0.5, 0.6) is 0 Å². The van der Waals surface area contributed by atoms with Crippen molar-refractivity contribution in [3.63, 3.8) is 0 Å². The van der Waals surface area contributed by atoms with Crippen LogP contribution < -0.4 is 5.32 Å². The lowest BCUT2D eigenvalue weighted by Gasteiger charge is -2.04. The first-order valence-electron chi connectivity index (χ1n) is 6.45. The predicted octanol–water partition coefficient (Wildman–Crippen LogP) is 2.82. The van der Waals surface area contributed by atoms with E-state index in [-0.39, 0.29) is 0 Å². The van der Waals surface area contributed by atoms with Gasteiger partial charge in [0.05, 0.1) is 12.3 Å². The molecule has 1 aliphatic rings. The molecule has 1 aromatic rings. The van der Waals surface area contributed by atoms with Gasteiger partial charge in [0.1, 0.15) is 5.01 Å². The Bertz CT molecular complexity index is 311. The summed E-state index contributed by atoms with van der Waals surface area (Å²) in [6.07, 6.45) is 2.70. The van der Waals surface area contributed by atoms with E-state index in [1.807, 2.05) is 0 Å². The lowest BCUT2D eigenvalue weighted by atomic mass is 10.2. The molecule has 0 spiro atoms. The molecule has 1 fully saturated rings. The Balaban J connectivity index is 1.63. The van der Waals surface area contributed by atoms with Gasteiger partial charge in [0, 0.05) is 18.5 Å². The van der Waals surface area contributed by atoms with E-state index >= 15 is 0 Å². The van der Waals surface area contributed by atoms with Crippen LogP contribution in [0.4, 0.5) is 0 Å². The molecule has 1 aliphatic carbocycles. The van der Waals surface area contributed by atoms with E-state index in [1.165, 1.54) is 12.8 Å². The number of nitrogens with zero attached hydrogens (tertiary/aromatic N) is 1. The van der Waals surface area contributed by atoms with Crippen molar-refractivity contribution in [1.29, 1.82) is 0 Å². The largest absolute Gasteiger partial charge is 0.375 e. The average Bonchev–Trinajstić information content (AvgIpc) is 2.98. The van der Waals surface area contributed by atoms with E-state index in [4.69, 9.17) is 4.74 Å². The van der Waals surface area contributed by atoms with Crippen molar-refractivity contribution in [2.45, 2.75) is 39.8 Å². The molecule has 0 unspecified atom stereocenters. The Hall–Kier alpha value is -0.450. The third-order valence-electron chi connectivity index (χ3n) is 2.73. The van der Waals surface area contributed by atoms with E-state index in [2.05, 4.69) is 29.5 Å². The van der Waals surface area contributed by atoms with Crippen LogP contribution in [-0.4, -0.2) is 18.1 Å². The molecule has 0 aromatic carbocycles. The minimum atomic E-state index is 0.678. The van der Waals surface area contributed by atoms with Gasteiger partial charge in [-0.25, -0.2) is 4.98 Å². The highest BCUT2D eigenvalue weighted by Crippen LogP contribution is 2.29. The average molecular weight is 254 g/mol. The Morgan fingerprint density at radius 2 is 2.35 bits per heavy atom. The first kappa shape index (κ1) is 13.0. The van der Waals surface area contributed by atoms with Crippen LogP contribution in [0.15, 0.2) is 5.38 Å². The van der Waals surface area contributed by atoms with Crippen LogP contribution in [0.2, 0.25) is 0 Å². The Morgan fingerprint density at radius 1 is 1.53 bits per heavy atom. The van der Waals surface area contributed by atoms with Gasteiger partial charge in [-0.05, 0) is 31.2 Å². The number of hydrogen-bond acceptors (Lipinski definition) is 4. The van der Waals surface area contributed by atoms with Crippen LogP contribution >= 0.6 is 11.3 Å². The molecule has 1 N–H and O–H groups in total. The summed E-state index contributed by atoms with van der Waals surface area (Å²) in [5, 5.41) is 6.68. The maximum Gasteiger partial charge on any atom is 0.107 e. The van der Waals surface area contributed by atoms with Crippen molar-refractivity contribution in [2.75, 3.05) is 13.2 Å². The van der Waals surface area contributed by atoms with E-state index < -0.39 is 0 Å². The SMILES string of the molecule is CC(C)CNCc1nc(COCC2CC2)cs1. The lowest BCUT2D eigenvalue weighted by molar-refractivity contribution is 0.109. The second-order valence-electron chi connectivity index (χ2n) is 5.22. The Kier molecular flexibility index (Phi) is 4.95. The highest BCUT2D eigenvalue weighted by molar-refractivity contribution is 7.09. The molecule has 0 aliphatic heterocycles. The molecule has 0 atom stereocenters. The fourth-order valence-corrected chi connectivity index (χ4v) is 2.33. The highest BCUT2D eigenvalue weighted by atomic mass is 32.1. The summed E-state index contributed by atoms with van der Waals surface area (Å²) in [6, 6.07) is 0. The molecule has 1 heterocycles. The maximum absolute atomic E-state index is 5.62. The molecule has 0 saturated heterocycles. The molecule has 0 radical (unpaired) electrons. The summed E-state index contributed by atoms with van der Waals surface area (Å²) in [7, 11) is 0. The summed E-state index contributed by atoms with van der Waals surface area (Å²) in [4.78, 5) is 4.56. The monoisotopic (exact) mass is 254 g/mol. The Labute approximate surface area is 108 Å². The van der Waals surface area contributed by atoms with Gasteiger partial charge in [-0.1, -0.05) is 13.8 Å². The van der Waals surface area contributed by atoms with Gasteiger partial charge in [-0.15, -0.1) is 11.3 Å². The number of aromatic nitrogens is 1. The highest BCUT2D eigenvalue weighted by Gasteiger charge is 2.21. The van der Waals surface area contributed by atoms with E-state index in [0.29, 0.717) is 12.5 Å². The first-order valence-corrected chi connectivity index (χ1v) is 7.33. The zero-order valence-electron chi connectivity index (χ0n) is 10.7. The molecule has 96 valence electrons. The quantitative estimate of drug-likeness (QED) is 0.774. The number of thiazole rings is 1. The molecule has 2 rings (SSSR count). The molecule has 4 heteroatoms. The number of ether oxygens (including phenoxy) is 1. The molecule has 17 heavy (non-hydrogen) atoms. The summed E-state index contributed by atoms with van der Waals surface area (Å²) in [5.74, 6) is 1.53. The molecular formula is C13H22N2OS. The van der Waals surface area contributed by atoms with Gasteiger partial charge in [-0.2, -0.15) is 0 Å². The topological polar surface area (TPSA) is 34.2 Å². The fraction of sp³-hybridized carbons (Fsp3) is 0.769. The summed E-state index contributed by atoms with van der Waals surface area (Å²) in [6.45, 7) is 7.95. The van der Waals surface area contributed by atoms with E-state index in [1.54, 1.807) is 11.3 Å². The zero-order valence-corrected chi connectivity index (χ0v) is 11.6. The minimum Gasteiger partial charge on any atom is -0.375 e. The Morgan fingerprint density at radius 3 is 3.06 bits per heavy atom. The van der Waals surface area contributed by atoms with Crippen molar-refractivity contribution in [1.82, 2.24) is 10.3 Å². The van der Waals surface area contributed by atoms with Gasteiger partial charge < -0.3 is 10.1 Å². The fourth-order valence-electron chi connectivity index (χ4n) is 1.58. The van der Waals surface area contributed by atoms with Crippen molar-refractivity contribution in [2.24, 2.45) is 11.8 Å². The third kappa shape index (κ3) is 5.15.